The number of nitrogens with one attached hydrogen (secondary N) is 3. The van der Waals surface area contributed by atoms with Crippen molar-refractivity contribution in [3.63, 3.8) is 0 Å². The standard InChI is InChI=1S/C32H59N7O3S/c1-42-28-8-7-24-6-4-11-34-30(24)31(28)38-16-5-15-37(20-21-38)27(22-29(41)33-12-19-36-13-2-3-14-36)26-23-43-32(35-26)39-17-9-25(40)10-18-39/h24-28,30-32,34-35,40H,2-23H2,1H3,(H,33,41). The summed E-state index contributed by atoms with van der Waals surface area (Å²) in [6.45, 7) is 11.2. The molecular formula is C32H59N7O3S. The van der Waals surface area contributed by atoms with Crippen LogP contribution in [0.3, 0.4) is 0 Å². The molecule has 6 rings (SSSR count). The van der Waals surface area contributed by atoms with Crippen molar-refractivity contribution in [1.29, 1.82) is 0 Å². The van der Waals surface area contributed by atoms with Crippen LogP contribution in [0, 0.1) is 5.92 Å². The molecule has 0 aromatic heterocycles. The number of carbonyl (C=O) groups is 1. The first kappa shape index (κ1) is 32.4. The molecule has 4 N–H and O–H groups in total. The molecule has 0 radical (unpaired) electrons. The van der Waals surface area contributed by atoms with Crippen LogP contribution in [0.4, 0.5) is 0 Å². The number of amides is 1. The number of aliphatic hydroxyl groups excluding tert-OH is 1. The second-order valence-electron chi connectivity index (χ2n) is 14.0. The average Bonchev–Trinajstić information content (AvgIpc) is 3.68. The lowest BCUT2D eigenvalue weighted by Gasteiger charge is -2.49. The second-order valence-corrected chi connectivity index (χ2v) is 15.2. The summed E-state index contributed by atoms with van der Waals surface area (Å²) in [4.78, 5) is 23.8. The smallest absolute Gasteiger partial charge is 0.221 e. The van der Waals surface area contributed by atoms with Gasteiger partial charge in [-0.2, -0.15) is 0 Å². The molecule has 5 heterocycles. The molecule has 11 heteroatoms. The quantitative estimate of drug-likeness (QED) is 0.283. The minimum absolute atomic E-state index is 0.156. The summed E-state index contributed by atoms with van der Waals surface area (Å²) in [6, 6.07) is 1.44. The highest BCUT2D eigenvalue weighted by Gasteiger charge is 2.45. The van der Waals surface area contributed by atoms with Crippen LogP contribution < -0.4 is 16.0 Å². The van der Waals surface area contributed by atoms with Crippen molar-refractivity contribution in [3.8, 4) is 0 Å². The molecule has 5 saturated heterocycles. The van der Waals surface area contributed by atoms with Crippen molar-refractivity contribution in [2.45, 2.75) is 106 Å². The Morgan fingerprint density at radius 1 is 0.953 bits per heavy atom. The topological polar surface area (TPSA) is 95.6 Å². The van der Waals surface area contributed by atoms with E-state index < -0.39 is 0 Å². The van der Waals surface area contributed by atoms with Crippen molar-refractivity contribution in [1.82, 2.24) is 35.6 Å². The maximum atomic E-state index is 13.4. The number of fused-ring (bicyclic) bond motifs is 1. The maximum Gasteiger partial charge on any atom is 0.221 e. The molecule has 10 nitrogen and oxygen atoms in total. The first-order valence-corrected chi connectivity index (χ1v) is 18.7. The fourth-order valence-electron chi connectivity index (χ4n) is 8.96. The molecule has 1 aliphatic carbocycles. The molecule has 43 heavy (non-hydrogen) atoms. The summed E-state index contributed by atoms with van der Waals surface area (Å²) in [7, 11) is 1.91. The maximum absolute atomic E-state index is 13.4. The Morgan fingerprint density at radius 2 is 1.79 bits per heavy atom. The molecule has 6 fully saturated rings. The van der Waals surface area contributed by atoms with Gasteiger partial charge in [0.15, 0.2) is 0 Å². The van der Waals surface area contributed by atoms with Gasteiger partial charge in [-0.1, -0.05) is 0 Å². The fraction of sp³-hybridized carbons (Fsp3) is 0.969. The summed E-state index contributed by atoms with van der Waals surface area (Å²) >= 11 is 1.99. The van der Waals surface area contributed by atoms with Gasteiger partial charge in [-0.15, -0.1) is 11.8 Å². The van der Waals surface area contributed by atoms with Gasteiger partial charge in [0.25, 0.3) is 0 Å². The normalized spacial score (nSPS) is 36.8. The molecule has 246 valence electrons. The predicted octanol–water partition coefficient (Wildman–Crippen LogP) is 0.956. The highest BCUT2D eigenvalue weighted by molar-refractivity contribution is 8.00. The van der Waals surface area contributed by atoms with E-state index in [4.69, 9.17) is 4.74 Å². The summed E-state index contributed by atoms with van der Waals surface area (Å²) < 4.78 is 6.12. The third-order valence-electron chi connectivity index (χ3n) is 11.4. The molecule has 5 aliphatic heterocycles. The van der Waals surface area contributed by atoms with Crippen LogP contribution in [-0.2, 0) is 9.53 Å². The van der Waals surface area contributed by atoms with E-state index in [0.29, 0.717) is 24.6 Å². The molecule has 0 aromatic carbocycles. The average molecular weight is 622 g/mol. The van der Waals surface area contributed by atoms with Crippen LogP contribution in [0.25, 0.3) is 0 Å². The SMILES string of the molecule is COC1CCC2CCCNC2C1N1CCCN(C(CC(=O)NCCN2CCCC2)C2CSC(N3CCC(O)CC3)N2)CC1. The Balaban J connectivity index is 1.10. The van der Waals surface area contributed by atoms with E-state index in [1.54, 1.807) is 0 Å². The number of likely N-dealkylation sites (tertiary alicyclic amines) is 2. The van der Waals surface area contributed by atoms with E-state index in [9.17, 15) is 9.90 Å². The lowest BCUT2D eigenvalue weighted by molar-refractivity contribution is -0.122. The van der Waals surface area contributed by atoms with Crippen molar-refractivity contribution in [3.05, 3.63) is 0 Å². The van der Waals surface area contributed by atoms with Gasteiger partial charge in [0, 0.05) is 76.7 Å². The number of nitrogens with zero attached hydrogens (tertiary/aromatic N) is 4. The van der Waals surface area contributed by atoms with E-state index in [-0.39, 0.29) is 29.6 Å². The molecule has 0 bridgehead atoms. The molecule has 1 amide bonds. The van der Waals surface area contributed by atoms with E-state index >= 15 is 0 Å². The second kappa shape index (κ2) is 15.9. The van der Waals surface area contributed by atoms with Crippen molar-refractivity contribution < 1.29 is 14.6 Å². The van der Waals surface area contributed by atoms with Crippen LogP contribution in [0.15, 0.2) is 0 Å². The number of piperidine rings is 2. The Bertz CT molecular complexity index is 874. The molecule has 6 aliphatic rings. The summed E-state index contributed by atoms with van der Waals surface area (Å²) in [6.07, 6.45) is 11.2. The molecule has 7 unspecified atom stereocenters. The molecular weight excluding hydrogens is 562 g/mol. The van der Waals surface area contributed by atoms with Gasteiger partial charge >= 0.3 is 0 Å². The van der Waals surface area contributed by atoms with E-state index in [0.717, 1.165) is 89.8 Å². The highest BCUT2D eigenvalue weighted by atomic mass is 32.2. The lowest BCUT2D eigenvalue weighted by Crippen LogP contribution is -2.63. The van der Waals surface area contributed by atoms with Crippen molar-refractivity contribution in [2.24, 2.45) is 5.92 Å². The lowest BCUT2D eigenvalue weighted by atomic mass is 9.74. The first-order valence-electron chi connectivity index (χ1n) is 17.6. The van der Waals surface area contributed by atoms with Crippen LogP contribution in [-0.4, -0.2) is 157 Å². The number of carbonyl (C=O) groups excluding carboxylic acids is 1. The third kappa shape index (κ3) is 8.27. The molecule has 1 saturated carbocycles. The number of hydrogen-bond acceptors (Lipinski definition) is 10. The molecule has 0 aromatic rings. The zero-order valence-electron chi connectivity index (χ0n) is 26.6. The summed E-state index contributed by atoms with van der Waals surface area (Å²) in [5.41, 5.74) is 0.278. The van der Waals surface area contributed by atoms with E-state index in [2.05, 4.69) is 35.6 Å². The summed E-state index contributed by atoms with van der Waals surface area (Å²) in [5.74, 6) is 1.99. The Hall–Kier alpha value is -0.500. The fourth-order valence-corrected chi connectivity index (χ4v) is 10.4. The van der Waals surface area contributed by atoms with Gasteiger partial charge in [-0.05, 0) is 96.4 Å². The third-order valence-corrected chi connectivity index (χ3v) is 12.7. The van der Waals surface area contributed by atoms with Gasteiger partial charge in [-0.3, -0.25) is 24.8 Å². The molecule has 0 spiro atoms. The van der Waals surface area contributed by atoms with Gasteiger partial charge in [-0.25, -0.2) is 0 Å². The van der Waals surface area contributed by atoms with Crippen LogP contribution in [0.5, 0.6) is 0 Å². The number of aliphatic hydroxyl groups is 1. The monoisotopic (exact) mass is 621 g/mol. The van der Waals surface area contributed by atoms with Gasteiger partial charge in [0.2, 0.25) is 5.91 Å². The largest absolute Gasteiger partial charge is 0.393 e. The zero-order valence-corrected chi connectivity index (χ0v) is 27.5. The minimum Gasteiger partial charge on any atom is -0.393 e. The van der Waals surface area contributed by atoms with Crippen molar-refractivity contribution >= 4 is 17.7 Å². The van der Waals surface area contributed by atoms with Gasteiger partial charge < -0.3 is 25.4 Å². The number of rotatable bonds is 10. The number of methoxy groups -OCH3 is 1. The van der Waals surface area contributed by atoms with Crippen LogP contribution >= 0.6 is 11.8 Å². The predicted molar refractivity (Wildman–Crippen MR) is 173 cm³/mol. The van der Waals surface area contributed by atoms with Crippen LogP contribution in [0.2, 0.25) is 0 Å². The number of hydrogen-bond donors (Lipinski definition) is 4. The Kier molecular flexibility index (Phi) is 12.0. The summed E-state index contributed by atoms with van der Waals surface area (Å²) in [5, 5.41) is 21.2. The highest BCUT2D eigenvalue weighted by Crippen LogP contribution is 2.36. The first-order chi connectivity index (χ1) is 21.1. The molecule has 7 atom stereocenters. The van der Waals surface area contributed by atoms with Gasteiger partial charge in [0.05, 0.1) is 18.2 Å². The number of thioether (sulfide) groups is 1. The number of ether oxygens (including phenoxy) is 1. The van der Waals surface area contributed by atoms with Gasteiger partial charge in [0.1, 0.15) is 5.50 Å². The van der Waals surface area contributed by atoms with Crippen LogP contribution in [0.1, 0.15) is 64.2 Å². The van der Waals surface area contributed by atoms with Crippen molar-refractivity contribution in [2.75, 3.05) is 84.9 Å². The zero-order chi connectivity index (χ0) is 29.6. The van der Waals surface area contributed by atoms with E-state index in [1.807, 2.05) is 18.9 Å². The van der Waals surface area contributed by atoms with E-state index in [1.165, 1.54) is 51.6 Å². The Labute approximate surface area is 264 Å². The Morgan fingerprint density at radius 3 is 2.60 bits per heavy atom. The minimum atomic E-state index is -0.156.